The molecule has 186 valence electrons. The topological polar surface area (TPSA) is 93.0 Å². The fourth-order valence-electron chi connectivity index (χ4n) is 3.65. The summed E-state index contributed by atoms with van der Waals surface area (Å²) in [5, 5.41) is 17.2. The van der Waals surface area contributed by atoms with Gasteiger partial charge in [0.15, 0.2) is 0 Å². The third-order valence-electron chi connectivity index (χ3n) is 5.21. The Morgan fingerprint density at radius 3 is 2.50 bits per heavy atom. The first-order chi connectivity index (χ1) is 17.1. The third-order valence-corrected chi connectivity index (χ3v) is 6.14. The summed E-state index contributed by atoms with van der Waals surface area (Å²) in [5.41, 5.74) is 1.57. The van der Waals surface area contributed by atoms with Gasteiger partial charge in [0.2, 0.25) is 11.7 Å². The molecule has 0 spiro atoms. The number of aromatic nitrogens is 4. The lowest BCUT2D eigenvalue weighted by molar-refractivity contribution is -0.128. The van der Waals surface area contributed by atoms with E-state index in [9.17, 15) is 14.0 Å². The number of halogens is 1. The molecule has 2 amide bonds. The molecule has 2 aromatic heterocycles. The van der Waals surface area contributed by atoms with Crippen LogP contribution < -0.4 is 10.2 Å². The van der Waals surface area contributed by atoms with Crippen LogP contribution in [0, 0.1) is 12.7 Å². The van der Waals surface area contributed by atoms with Gasteiger partial charge in [0, 0.05) is 21.7 Å². The summed E-state index contributed by atoms with van der Waals surface area (Å²) in [6.07, 6.45) is 0. The zero-order valence-corrected chi connectivity index (χ0v) is 21.3. The Morgan fingerprint density at radius 1 is 1.11 bits per heavy atom. The van der Waals surface area contributed by atoms with Crippen molar-refractivity contribution in [2.45, 2.75) is 45.8 Å². The number of benzene rings is 2. The summed E-state index contributed by atoms with van der Waals surface area (Å²) >= 11 is 1.34. The van der Waals surface area contributed by atoms with Crippen molar-refractivity contribution in [3.63, 3.8) is 0 Å². The number of thiophene rings is 1. The molecule has 4 rings (SSSR count). The Labute approximate surface area is 212 Å². The highest BCUT2D eigenvalue weighted by Crippen LogP contribution is 2.32. The average Bonchev–Trinajstić information content (AvgIpc) is 3.49. The van der Waals surface area contributed by atoms with Crippen LogP contribution in [0.5, 0.6) is 0 Å². The van der Waals surface area contributed by atoms with Crippen LogP contribution in [0.3, 0.4) is 0 Å². The normalized spacial score (nSPS) is 12.2. The Kier molecular flexibility index (Phi) is 7.25. The number of hydrogen-bond acceptors (Lipinski definition) is 6. The van der Waals surface area contributed by atoms with Crippen LogP contribution in [0.1, 0.15) is 37.3 Å². The lowest BCUT2D eigenvalue weighted by Gasteiger charge is -2.33. The van der Waals surface area contributed by atoms with Crippen molar-refractivity contribution in [2.75, 3.05) is 4.90 Å². The number of nitrogens with one attached hydrogen (secondary N) is 1. The van der Waals surface area contributed by atoms with Crippen LogP contribution in [0.4, 0.5) is 10.1 Å². The van der Waals surface area contributed by atoms with Gasteiger partial charge in [-0.15, -0.1) is 21.5 Å². The van der Waals surface area contributed by atoms with Gasteiger partial charge in [0.1, 0.15) is 18.4 Å². The number of amides is 2. The Hall–Kier alpha value is -3.92. The number of nitrogens with zero attached hydrogens (tertiary/aromatic N) is 5. The van der Waals surface area contributed by atoms with Gasteiger partial charge in [-0.05, 0) is 62.6 Å². The zero-order chi connectivity index (χ0) is 25.9. The van der Waals surface area contributed by atoms with Crippen LogP contribution in [0.25, 0.3) is 11.4 Å². The van der Waals surface area contributed by atoms with Gasteiger partial charge in [-0.3, -0.25) is 14.5 Å². The molecular formula is C26H27FN6O2S. The number of carbonyl (C=O) groups is 2. The zero-order valence-electron chi connectivity index (χ0n) is 20.5. The molecule has 0 saturated carbocycles. The molecule has 0 bridgehead atoms. The highest BCUT2D eigenvalue weighted by atomic mass is 32.1. The van der Waals surface area contributed by atoms with Crippen molar-refractivity contribution in [3.05, 3.63) is 82.3 Å². The van der Waals surface area contributed by atoms with Gasteiger partial charge in [-0.25, -0.2) is 4.39 Å². The molecular weight excluding hydrogens is 479 g/mol. The molecule has 2 heterocycles. The van der Waals surface area contributed by atoms with E-state index < -0.39 is 23.3 Å². The Balaban J connectivity index is 1.70. The van der Waals surface area contributed by atoms with Gasteiger partial charge in [-0.2, -0.15) is 4.80 Å². The first-order valence-electron chi connectivity index (χ1n) is 11.4. The van der Waals surface area contributed by atoms with Crippen molar-refractivity contribution in [2.24, 2.45) is 0 Å². The van der Waals surface area contributed by atoms with Crippen molar-refractivity contribution < 1.29 is 14.0 Å². The van der Waals surface area contributed by atoms with E-state index in [4.69, 9.17) is 0 Å². The molecule has 0 aliphatic heterocycles. The molecule has 36 heavy (non-hydrogen) atoms. The summed E-state index contributed by atoms with van der Waals surface area (Å²) in [6, 6.07) is 15.8. The van der Waals surface area contributed by atoms with E-state index in [0.717, 1.165) is 11.1 Å². The molecule has 1 N–H and O–H groups in total. The van der Waals surface area contributed by atoms with Crippen LogP contribution in [-0.4, -0.2) is 37.6 Å². The molecule has 2 aromatic carbocycles. The smallest absolute Gasteiger partial charge is 0.251 e. The number of tetrazole rings is 1. The van der Waals surface area contributed by atoms with E-state index in [1.54, 1.807) is 18.2 Å². The quantitative estimate of drug-likeness (QED) is 0.397. The minimum absolute atomic E-state index is 0.251. The second-order valence-corrected chi connectivity index (χ2v) is 10.4. The molecule has 0 aliphatic rings. The van der Waals surface area contributed by atoms with Gasteiger partial charge in [0.25, 0.3) is 5.91 Å². The van der Waals surface area contributed by atoms with Crippen molar-refractivity contribution in [1.29, 1.82) is 0 Å². The van der Waals surface area contributed by atoms with Crippen molar-refractivity contribution in [1.82, 2.24) is 25.5 Å². The lowest BCUT2D eigenvalue weighted by atomic mass is 10.1. The standard InChI is InChI=1S/C26H27FN6O2S/c1-17-10-12-18(13-11-17)24-29-31-32(30-24)16-22(34)33(20-8-5-7-19(27)15-20)23(21-9-6-14-36-21)25(35)28-26(2,3)4/h5-15,23H,16H2,1-4H3,(H,28,35)/t23-/m1/s1. The van der Waals surface area contributed by atoms with Gasteiger partial charge in [0.05, 0.1) is 0 Å². The molecule has 0 unspecified atom stereocenters. The maximum Gasteiger partial charge on any atom is 0.251 e. The molecule has 8 nitrogen and oxygen atoms in total. The minimum Gasteiger partial charge on any atom is -0.349 e. The second kappa shape index (κ2) is 10.4. The van der Waals surface area contributed by atoms with Crippen molar-refractivity contribution >= 4 is 28.8 Å². The summed E-state index contributed by atoms with van der Waals surface area (Å²) in [7, 11) is 0. The Bertz CT molecular complexity index is 1350. The molecule has 1 atom stereocenters. The average molecular weight is 507 g/mol. The SMILES string of the molecule is Cc1ccc(-c2nnn(CC(=O)N(c3cccc(F)c3)[C@@H](C(=O)NC(C)(C)C)c3cccs3)n2)cc1. The van der Waals surface area contributed by atoms with Crippen molar-refractivity contribution in [3.8, 4) is 11.4 Å². The van der Waals surface area contributed by atoms with E-state index in [1.165, 1.54) is 39.2 Å². The third kappa shape index (κ3) is 6.01. The summed E-state index contributed by atoms with van der Waals surface area (Å²) in [4.78, 5) is 30.3. The summed E-state index contributed by atoms with van der Waals surface area (Å²) < 4.78 is 14.2. The number of rotatable bonds is 7. The van der Waals surface area contributed by atoms with E-state index >= 15 is 0 Å². The van der Waals surface area contributed by atoms with E-state index in [0.29, 0.717) is 10.7 Å². The van der Waals surface area contributed by atoms with E-state index in [-0.39, 0.29) is 18.1 Å². The van der Waals surface area contributed by atoms with Gasteiger partial charge < -0.3 is 5.32 Å². The first kappa shape index (κ1) is 25.2. The van der Waals surface area contributed by atoms with Crippen LogP contribution >= 0.6 is 11.3 Å². The largest absolute Gasteiger partial charge is 0.349 e. The first-order valence-corrected chi connectivity index (χ1v) is 12.3. The molecule has 10 heteroatoms. The van der Waals surface area contributed by atoms with E-state index in [2.05, 4.69) is 20.7 Å². The number of aryl methyl sites for hydroxylation is 1. The Morgan fingerprint density at radius 2 is 1.86 bits per heavy atom. The predicted molar refractivity (Wildman–Crippen MR) is 137 cm³/mol. The molecule has 0 aliphatic carbocycles. The lowest BCUT2D eigenvalue weighted by Crippen LogP contribution is -2.50. The number of anilines is 1. The maximum absolute atomic E-state index is 14.2. The molecule has 0 radical (unpaired) electrons. The minimum atomic E-state index is -1.02. The fraction of sp³-hybridized carbons (Fsp3) is 0.269. The molecule has 4 aromatic rings. The fourth-order valence-corrected chi connectivity index (χ4v) is 4.46. The monoisotopic (exact) mass is 506 g/mol. The van der Waals surface area contributed by atoms with E-state index in [1.807, 2.05) is 57.3 Å². The van der Waals surface area contributed by atoms with Crippen LogP contribution in [-0.2, 0) is 16.1 Å². The summed E-state index contributed by atoms with van der Waals surface area (Å²) in [5.74, 6) is -1.02. The van der Waals surface area contributed by atoms with Gasteiger partial charge in [-0.1, -0.05) is 42.0 Å². The highest BCUT2D eigenvalue weighted by Gasteiger charge is 2.35. The second-order valence-electron chi connectivity index (χ2n) is 9.41. The number of carbonyl (C=O) groups excluding carboxylic acids is 2. The molecule has 0 saturated heterocycles. The predicted octanol–water partition coefficient (Wildman–Crippen LogP) is 4.54. The summed E-state index contributed by atoms with van der Waals surface area (Å²) in [6.45, 7) is 7.26. The van der Waals surface area contributed by atoms with Crippen LogP contribution in [0.15, 0.2) is 66.0 Å². The molecule has 0 fully saturated rings. The van der Waals surface area contributed by atoms with Crippen LogP contribution in [0.2, 0.25) is 0 Å². The number of hydrogen-bond donors (Lipinski definition) is 1. The maximum atomic E-state index is 14.2. The van der Waals surface area contributed by atoms with Gasteiger partial charge >= 0.3 is 0 Å². The highest BCUT2D eigenvalue weighted by molar-refractivity contribution is 7.10.